The van der Waals surface area contributed by atoms with Crippen molar-refractivity contribution < 1.29 is 76.4 Å². The predicted octanol–water partition coefficient (Wildman–Crippen LogP) is 2.22. The fraction of sp³-hybridized carbons (Fsp3) is 0.771. The van der Waals surface area contributed by atoms with Crippen LogP contribution in [0.25, 0.3) is 0 Å². The van der Waals surface area contributed by atoms with Crippen molar-refractivity contribution >= 4 is 34.9 Å². The van der Waals surface area contributed by atoms with Gasteiger partial charge in [0, 0.05) is 31.2 Å². The Kier molecular flexibility index (Phi) is 44.4. The number of terminal acetylenes is 2. The Morgan fingerprint density at radius 1 is 0.566 bits per heavy atom. The van der Waals surface area contributed by atoms with E-state index in [1.807, 2.05) is 20.8 Å². The van der Waals surface area contributed by atoms with Gasteiger partial charge in [-0.2, -0.15) is 0 Å². The summed E-state index contributed by atoms with van der Waals surface area (Å²) < 4.78 is 55.9. The summed E-state index contributed by atoms with van der Waals surface area (Å²) in [6.07, 6.45) is 10.8. The molecule has 0 unspecified atom stereocenters. The molecule has 0 bridgehead atoms. The standard InChI is InChI=1S/C16H26O8.C15H31NO6.C4H3ClO2/c1-2-6-24-16(19)4-3-7-20-9-11-22-13-14-23-12-10-21-8-5-15(17)18;1-15(2,3)22-14(17)4-6-18-8-10-20-12-13-21-11-9-19-7-5-16;1-2-3-7-4(5)6/h1H,3-14H2,(H,17,18);4-13,16H2,1-3H3;1H,3H2. The Balaban J connectivity index is -0.000000800. The number of ether oxygens (including phenoxy) is 11. The van der Waals surface area contributed by atoms with Crippen molar-refractivity contribution in [2.45, 2.75) is 52.1 Å². The summed E-state index contributed by atoms with van der Waals surface area (Å²) in [5, 5.41) is 8.40. The first-order valence-electron chi connectivity index (χ1n) is 17.0. The highest BCUT2D eigenvalue weighted by atomic mass is 35.5. The largest absolute Gasteiger partial charge is 0.481 e. The molecule has 0 spiro atoms. The fourth-order valence-electron chi connectivity index (χ4n) is 2.93. The zero-order valence-electron chi connectivity index (χ0n) is 31.4. The van der Waals surface area contributed by atoms with E-state index in [9.17, 15) is 19.2 Å². The molecule has 0 atom stereocenters. The molecule has 17 nitrogen and oxygen atoms in total. The molecule has 0 radical (unpaired) electrons. The van der Waals surface area contributed by atoms with E-state index in [4.69, 9.17) is 82.7 Å². The fourth-order valence-corrected chi connectivity index (χ4v) is 2.98. The van der Waals surface area contributed by atoms with E-state index in [-0.39, 0.29) is 51.0 Å². The second-order valence-electron chi connectivity index (χ2n) is 10.9. The molecular weight excluding hydrogens is 726 g/mol. The second kappa shape index (κ2) is 43.3. The van der Waals surface area contributed by atoms with Crippen LogP contribution in [0, 0.1) is 24.7 Å². The van der Waals surface area contributed by atoms with Crippen LogP contribution in [0.5, 0.6) is 0 Å². The van der Waals surface area contributed by atoms with Crippen molar-refractivity contribution in [3.05, 3.63) is 0 Å². The third-order valence-corrected chi connectivity index (χ3v) is 5.19. The second-order valence-corrected chi connectivity index (χ2v) is 11.2. The molecule has 0 aliphatic rings. The van der Waals surface area contributed by atoms with E-state index < -0.39 is 17.0 Å². The summed E-state index contributed by atoms with van der Waals surface area (Å²) >= 11 is 4.70. The smallest absolute Gasteiger partial charge is 0.404 e. The molecule has 0 aromatic carbocycles. The predicted molar refractivity (Wildman–Crippen MR) is 193 cm³/mol. The molecule has 0 fully saturated rings. The van der Waals surface area contributed by atoms with Crippen molar-refractivity contribution in [3.63, 3.8) is 0 Å². The highest BCUT2D eigenvalue weighted by Gasteiger charge is 2.15. The Bertz CT molecular complexity index is 965. The topological polar surface area (TPSA) is 216 Å². The number of hydrogen-bond acceptors (Lipinski definition) is 16. The van der Waals surface area contributed by atoms with Gasteiger partial charge in [0.1, 0.15) is 5.60 Å². The Morgan fingerprint density at radius 3 is 1.30 bits per heavy atom. The minimum absolute atomic E-state index is 0.00403. The van der Waals surface area contributed by atoms with Gasteiger partial charge in [-0.1, -0.05) is 11.8 Å². The van der Waals surface area contributed by atoms with Crippen molar-refractivity contribution in [1.82, 2.24) is 0 Å². The summed E-state index contributed by atoms with van der Waals surface area (Å²) in [5.41, 5.74) is 3.97. The van der Waals surface area contributed by atoms with Crippen LogP contribution in [-0.4, -0.2) is 160 Å². The molecule has 18 heteroatoms. The number of esters is 2. The summed E-state index contributed by atoms with van der Waals surface area (Å²) in [6.45, 7) is 13.1. The Morgan fingerprint density at radius 2 is 0.943 bits per heavy atom. The zero-order valence-corrected chi connectivity index (χ0v) is 32.2. The van der Waals surface area contributed by atoms with Crippen LogP contribution >= 0.6 is 11.6 Å². The first-order chi connectivity index (χ1) is 25.4. The lowest BCUT2D eigenvalue weighted by Crippen LogP contribution is -2.24. The molecule has 0 amide bonds. The summed E-state index contributed by atoms with van der Waals surface area (Å²) in [6, 6.07) is 0. The van der Waals surface area contributed by atoms with Gasteiger partial charge in [0.05, 0.1) is 112 Å². The summed E-state index contributed by atoms with van der Waals surface area (Å²) in [5.74, 6) is 2.84. The highest BCUT2D eigenvalue weighted by Crippen LogP contribution is 2.08. The van der Waals surface area contributed by atoms with E-state index in [1.165, 1.54) is 0 Å². The van der Waals surface area contributed by atoms with Crippen LogP contribution in [0.15, 0.2) is 0 Å². The van der Waals surface area contributed by atoms with Crippen LogP contribution in [0.4, 0.5) is 4.79 Å². The number of nitrogens with two attached hydrogens (primary N) is 1. The third kappa shape index (κ3) is 58.5. The highest BCUT2D eigenvalue weighted by molar-refractivity contribution is 6.61. The average Bonchev–Trinajstić information content (AvgIpc) is 3.09. The third-order valence-electron chi connectivity index (χ3n) is 5.08. The number of aliphatic carboxylic acids is 1. The minimum atomic E-state index is -0.879. The van der Waals surface area contributed by atoms with Crippen molar-refractivity contribution in [2.75, 3.05) is 125 Å². The maximum Gasteiger partial charge on any atom is 0.404 e. The Hall–Kier alpha value is -3.07. The molecule has 0 aromatic heterocycles. The number of carboxylic acids is 1. The van der Waals surface area contributed by atoms with Crippen LogP contribution in [0.3, 0.4) is 0 Å². The van der Waals surface area contributed by atoms with Crippen LogP contribution in [0.2, 0.25) is 0 Å². The van der Waals surface area contributed by atoms with Crippen molar-refractivity contribution in [2.24, 2.45) is 5.73 Å². The lowest BCUT2D eigenvalue weighted by Gasteiger charge is -2.19. The maximum atomic E-state index is 11.4. The van der Waals surface area contributed by atoms with Gasteiger partial charge < -0.3 is 62.9 Å². The zero-order chi connectivity index (χ0) is 40.3. The minimum Gasteiger partial charge on any atom is -0.481 e. The van der Waals surface area contributed by atoms with E-state index in [0.717, 1.165) is 0 Å². The number of carboxylic acid groups (broad SMARTS) is 1. The molecular formula is C35H60ClNO16. The summed E-state index contributed by atoms with van der Waals surface area (Å²) in [4.78, 5) is 42.4. The molecule has 0 aliphatic carbocycles. The quantitative estimate of drug-likeness (QED) is 0.0329. The number of hydrogen-bond donors (Lipinski definition) is 2. The monoisotopic (exact) mass is 785 g/mol. The average molecular weight is 786 g/mol. The van der Waals surface area contributed by atoms with Gasteiger partial charge in [-0.05, 0) is 27.2 Å². The van der Waals surface area contributed by atoms with Crippen molar-refractivity contribution in [3.8, 4) is 24.7 Å². The first-order valence-corrected chi connectivity index (χ1v) is 17.4. The lowest BCUT2D eigenvalue weighted by molar-refractivity contribution is -0.156. The van der Waals surface area contributed by atoms with E-state index >= 15 is 0 Å². The number of rotatable bonds is 32. The molecule has 308 valence electrons. The van der Waals surface area contributed by atoms with E-state index in [2.05, 4.69) is 16.6 Å². The van der Waals surface area contributed by atoms with Gasteiger partial charge >= 0.3 is 23.3 Å². The normalized spacial score (nSPS) is 10.4. The molecule has 53 heavy (non-hydrogen) atoms. The molecule has 0 saturated heterocycles. The van der Waals surface area contributed by atoms with Gasteiger partial charge in [-0.3, -0.25) is 14.4 Å². The number of carbonyl (C=O) groups is 4. The van der Waals surface area contributed by atoms with E-state index in [1.54, 1.807) is 0 Å². The number of carbonyl (C=O) groups excluding carboxylic acids is 3. The maximum absolute atomic E-state index is 11.4. The molecule has 0 rings (SSSR count). The molecule has 3 N–H and O–H groups in total. The van der Waals surface area contributed by atoms with Gasteiger partial charge in [-0.15, -0.1) is 12.8 Å². The first kappa shape index (κ1) is 54.3. The van der Waals surface area contributed by atoms with E-state index in [0.29, 0.717) is 112 Å². The SMILES string of the molecule is C#CCOC(=O)CCCOCCOCCOCCOCCC(=O)O.C#CCOC(=O)Cl.CC(C)(C)OC(=O)CCOCCOCCOCCOCCN. The van der Waals surface area contributed by atoms with Gasteiger partial charge in [0.2, 0.25) is 0 Å². The molecule has 0 saturated carbocycles. The lowest BCUT2D eigenvalue weighted by atomic mass is 10.2. The molecule has 0 aromatic rings. The van der Waals surface area contributed by atoms with Crippen LogP contribution in [-0.2, 0) is 66.5 Å². The number of halogens is 1. The Labute approximate surface area is 318 Å². The molecule has 0 aliphatic heterocycles. The van der Waals surface area contributed by atoms with Crippen LogP contribution < -0.4 is 5.73 Å². The van der Waals surface area contributed by atoms with Crippen LogP contribution in [0.1, 0.15) is 46.5 Å². The van der Waals surface area contributed by atoms with Gasteiger partial charge in [0.25, 0.3) is 0 Å². The van der Waals surface area contributed by atoms with Gasteiger partial charge in [-0.25, -0.2) is 4.79 Å². The molecule has 0 heterocycles. The summed E-state index contributed by atoms with van der Waals surface area (Å²) in [7, 11) is 0. The van der Waals surface area contributed by atoms with Gasteiger partial charge in [0.15, 0.2) is 13.2 Å². The van der Waals surface area contributed by atoms with Crippen molar-refractivity contribution in [1.29, 1.82) is 0 Å².